The van der Waals surface area contributed by atoms with E-state index in [0.717, 1.165) is 11.8 Å². The summed E-state index contributed by atoms with van der Waals surface area (Å²) in [4.78, 5) is 0. The van der Waals surface area contributed by atoms with Crippen LogP contribution in [0.4, 0.5) is 0 Å². The first kappa shape index (κ1) is 11.1. The van der Waals surface area contributed by atoms with Crippen molar-refractivity contribution in [1.82, 2.24) is 0 Å². The van der Waals surface area contributed by atoms with Gasteiger partial charge in [0.1, 0.15) is 0 Å². The van der Waals surface area contributed by atoms with Gasteiger partial charge in [0, 0.05) is 0 Å². The minimum Gasteiger partial charge on any atom is -1.00 e. The summed E-state index contributed by atoms with van der Waals surface area (Å²) < 4.78 is 0. The molecule has 0 aromatic heterocycles. The predicted octanol–water partition coefficient (Wildman–Crippen LogP) is -0.976. The molecule has 0 spiro atoms. The first-order valence-electron chi connectivity index (χ1n) is 3.71. The molecule has 0 nitrogen and oxygen atoms in total. The predicted molar refractivity (Wildman–Crippen MR) is 40.1 cm³/mol. The SMILES string of the molecule is CC1CC2CC[C-]1C2.[Cl-].[Mg+2]. The average molecular weight is 169 g/mol. The van der Waals surface area contributed by atoms with Gasteiger partial charge in [-0.25, -0.2) is 0 Å². The summed E-state index contributed by atoms with van der Waals surface area (Å²) in [6.07, 6.45) is 5.97. The summed E-state index contributed by atoms with van der Waals surface area (Å²) in [6, 6.07) is 0. The second-order valence-electron chi connectivity index (χ2n) is 3.40. The van der Waals surface area contributed by atoms with Crippen molar-refractivity contribution in [3.8, 4) is 0 Å². The monoisotopic (exact) mass is 168 g/mol. The number of rotatable bonds is 0. The minimum absolute atomic E-state index is 0. The molecule has 0 heterocycles. The molecule has 0 saturated heterocycles. The molecule has 2 rings (SSSR count). The summed E-state index contributed by atoms with van der Waals surface area (Å²) in [6.45, 7) is 2.38. The van der Waals surface area contributed by atoms with Gasteiger partial charge in [-0.3, -0.25) is 0 Å². The van der Waals surface area contributed by atoms with Gasteiger partial charge in [0.05, 0.1) is 0 Å². The topological polar surface area (TPSA) is 0 Å². The molecular weight excluding hydrogens is 156 g/mol. The molecule has 0 aromatic carbocycles. The van der Waals surface area contributed by atoms with Crippen molar-refractivity contribution in [2.24, 2.45) is 11.8 Å². The van der Waals surface area contributed by atoms with Gasteiger partial charge in [-0.05, 0) is 0 Å². The molecule has 0 amide bonds. The smallest absolute Gasteiger partial charge is 1.00 e. The molecule has 2 atom stereocenters. The molecule has 10 heavy (non-hydrogen) atoms. The maximum atomic E-state index is 2.38. The number of hydrogen-bond donors (Lipinski definition) is 0. The van der Waals surface area contributed by atoms with Crippen LogP contribution in [0.15, 0.2) is 0 Å². The first-order chi connectivity index (χ1) is 3.86. The molecular formula is C8H13ClMg. The molecule has 2 aliphatic rings. The van der Waals surface area contributed by atoms with Crippen LogP contribution in [-0.4, -0.2) is 23.1 Å². The normalized spacial score (nSPS) is 36.9. The van der Waals surface area contributed by atoms with Gasteiger partial charge in [0.25, 0.3) is 0 Å². The number of fused-ring (bicyclic) bond motifs is 2. The molecule has 0 aliphatic heterocycles. The van der Waals surface area contributed by atoms with Gasteiger partial charge < -0.3 is 18.3 Å². The van der Waals surface area contributed by atoms with E-state index in [2.05, 4.69) is 6.92 Å². The van der Waals surface area contributed by atoms with Crippen molar-refractivity contribution in [2.45, 2.75) is 32.6 Å². The van der Waals surface area contributed by atoms with Gasteiger partial charge >= 0.3 is 23.1 Å². The van der Waals surface area contributed by atoms with E-state index in [9.17, 15) is 0 Å². The van der Waals surface area contributed by atoms with Crippen LogP contribution >= 0.6 is 0 Å². The Morgan fingerprint density at radius 1 is 1.40 bits per heavy atom. The Morgan fingerprint density at radius 2 is 2.10 bits per heavy atom. The Hall–Kier alpha value is 1.06. The fourth-order valence-electron chi connectivity index (χ4n) is 2.28. The summed E-state index contributed by atoms with van der Waals surface area (Å²) >= 11 is 0. The van der Waals surface area contributed by atoms with E-state index in [4.69, 9.17) is 0 Å². The molecule has 2 saturated carbocycles. The molecule has 2 unspecified atom stereocenters. The van der Waals surface area contributed by atoms with Gasteiger partial charge in [-0.15, -0.1) is 0 Å². The molecule has 0 radical (unpaired) electrons. The van der Waals surface area contributed by atoms with Crippen molar-refractivity contribution < 1.29 is 12.4 Å². The van der Waals surface area contributed by atoms with Gasteiger partial charge in [0.2, 0.25) is 0 Å². The summed E-state index contributed by atoms with van der Waals surface area (Å²) in [5.41, 5.74) is 0. The Morgan fingerprint density at radius 3 is 2.30 bits per heavy atom. The average Bonchev–Trinajstić information content (AvgIpc) is 2.23. The van der Waals surface area contributed by atoms with Crippen LogP contribution in [-0.2, 0) is 0 Å². The van der Waals surface area contributed by atoms with E-state index < -0.39 is 0 Å². The summed E-state index contributed by atoms with van der Waals surface area (Å²) in [5, 5.41) is 0. The van der Waals surface area contributed by atoms with Crippen LogP contribution in [0, 0.1) is 17.8 Å². The Kier molecular flexibility index (Phi) is 4.62. The maximum absolute atomic E-state index is 2.38. The van der Waals surface area contributed by atoms with Crippen molar-refractivity contribution in [1.29, 1.82) is 0 Å². The third kappa shape index (κ3) is 1.80. The van der Waals surface area contributed by atoms with Crippen LogP contribution in [0.25, 0.3) is 0 Å². The standard InChI is InChI=1S/C8H13.ClH.Mg/c1-6-4-7-2-3-8(6)5-7;;/h6-7H,2-5H2,1H3;1H;/q-1;;+2/p-1. The zero-order valence-corrected chi connectivity index (χ0v) is 8.74. The molecule has 54 valence electrons. The van der Waals surface area contributed by atoms with Gasteiger partial charge in [-0.2, -0.15) is 18.8 Å². The quantitative estimate of drug-likeness (QED) is 0.323. The molecule has 0 aromatic rings. The largest absolute Gasteiger partial charge is 2.00 e. The Bertz CT molecular complexity index is 103. The second-order valence-corrected chi connectivity index (χ2v) is 3.40. The fraction of sp³-hybridized carbons (Fsp3) is 0.875. The number of hydrogen-bond acceptors (Lipinski definition) is 0. The zero-order valence-electron chi connectivity index (χ0n) is 6.57. The fourth-order valence-corrected chi connectivity index (χ4v) is 2.28. The number of halogens is 1. The van der Waals surface area contributed by atoms with Crippen LogP contribution in [0.2, 0.25) is 0 Å². The van der Waals surface area contributed by atoms with E-state index in [0.29, 0.717) is 0 Å². The van der Waals surface area contributed by atoms with Gasteiger partial charge in [0.15, 0.2) is 0 Å². The minimum atomic E-state index is 0. The first-order valence-corrected chi connectivity index (χ1v) is 3.71. The second kappa shape index (κ2) is 4.17. The van der Waals surface area contributed by atoms with Crippen molar-refractivity contribution in [2.75, 3.05) is 0 Å². The van der Waals surface area contributed by atoms with E-state index in [1.807, 2.05) is 5.92 Å². The van der Waals surface area contributed by atoms with Crippen LogP contribution in [0.1, 0.15) is 32.6 Å². The molecule has 2 aliphatic carbocycles. The van der Waals surface area contributed by atoms with Gasteiger partial charge in [-0.1, -0.05) is 25.7 Å². The van der Waals surface area contributed by atoms with Crippen molar-refractivity contribution in [3.05, 3.63) is 5.92 Å². The maximum Gasteiger partial charge on any atom is 2.00 e. The van der Waals surface area contributed by atoms with E-state index in [1.165, 1.54) is 25.7 Å². The molecule has 2 bridgehead atoms. The van der Waals surface area contributed by atoms with E-state index >= 15 is 0 Å². The summed E-state index contributed by atoms with van der Waals surface area (Å²) in [5.74, 6) is 3.98. The van der Waals surface area contributed by atoms with Crippen LogP contribution in [0.5, 0.6) is 0 Å². The summed E-state index contributed by atoms with van der Waals surface area (Å²) in [7, 11) is 0. The van der Waals surface area contributed by atoms with E-state index in [-0.39, 0.29) is 35.5 Å². The van der Waals surface area contributed by atoms with Crippen LogP contribution < -0.4 is 12.4 Å². The zero-order chi connectivity index (χ0) is 5.56. The third-order valence-corrected chi connectivity index (χ3v) is 2.81. The van der Waals surface area contributed by atoms with E-state index in [1.54, 1.807) is 0 Å². The van der Waals surface area contributed by atoms with Crippen LogP contribution in [0.3, 0.4) is 0 Å². The molecule has 2 heteroatoms. The Labute approximate surface area is 85.7 Å². The van der Waals surface area contributed by atoms with Crippen molar-refractivity contribution >= 4 is 23.1 Å². The third-order valence-electron chi connectivity index (χ3n) is 2.81. The molecule has 0 N–H and O–H groups in total. The Balaban J connectivity index is 0.000000405. The van der Waals surface area contributed by atoms with Crippen molar-refractivity contribution in [3.63, 3.8) is 0 Å². The molecule has 2 fully saturated rings.